The maximum Gasteiger partial charge on any atom is 0.146 e. The molecule has 0 fully saturated rings. The van der Waals surface area contributed by atoms with Gasteiger partial charge in [-0.3, -0.25) is 4.79 Å². The fraction of sp³-hybridized carbons (Fsp3) is 0.700. The zero-order valence-electron chi connectivity index (χ0n) is 9.86. The smallest absolute Gasteiger partial charge is 0.146 e. The van der Waals surface area contributed by atoms with Gasteiger partial charge in [0.25, 0.3) is 0 Å². The first-order valence-corrected chi connectivity index (χ1v) is 5.41. The fourth-order valence-corrected chi connectivity index (χ4v) is 1.19. The molecule has 0 rings (SSSR count). The second-order valence-electron chi connectivity index (χ2n) is 3.86. The van der Waals surface area contributed by atoms with E-state index in [9.17, 15) is 4.79 Å². The molecule has 0 aromatic rings. The summed E-state index contributed by atoms with van der Waals surface area (Å²) < 4.78 is 0. The molecule has 16 heavy (non-hydrogen) atoms. The van der Waals surface area contributed by atoms with E-state index >= 15 is 0 Å². The molecule has 0 heterocycles. The highest BCUT2D eigenvalue weighted by Gasteiger charge is 2.06. The highest BCUT2D eigenvalue weighted by molar-refractivity contribution is 5.80. The van der Waals surface area contributed by atoms with E-state index < -0.39 is 0 Å². The molecule has 0 radical (unpaired) electrons. The van der Waals surface area contributed by atoms with Crippen molar-refractivity contribution < 1.29 is 4.79 Å². The summed E-state index contributed by atoms with van der Waals surface area (Å²) in [5.74, 6) is 5.67. The Balaban J connectivity index is 3.63. The van der Waals surface area contributed by atoms with Crippen LogP contribution in [-0.2, 0) is 4.79 Å². The molecule has 6 heteroatoms. The van der Waals surface area contributed by atoms with Gasteiger partial charge in [0.15, 0.2) is 0 Å². The number of Topliss-reactive ketones (excluding diaryl/α,β-unsaturated/α-hetero) is 1. The van der Waals surface area contributed by atoms with Gasteiger partial charge in [-0.25, -0.2) is 5.84 Å². The van der Waals surface area contributed by atoms with Crippen molar-refractivity contribution in [3.8, 4) is 0 Å². The summed E-state index contributed by atoms with van der Waals surface area (Å²) in [5, 5.41) is 1.50. The third-order valence-electron chi connectivity index (χ3n) is 2.27. The van der Waals surface area contributed by atoms with Gasteiger partial charge < -0.3 is 22.2 Å². The van der Waals surface area contributed by atoms with E-state index in [0.29, 0.717) is 25.2 Å². The van der Waals surface area contributed by atoms with Crippen molar-refractivity contribution in [1.29, 1.82) is 0 Å². The summed E-state index contributed by atoms with van der Waals surface area (Å²) in [6.07, 6.45) is 4.04. The Labute approximate surface area is 96.6 Å². The van der Waals surface area contributed by atoms with Gasteiger partial charge >= 0.3 is 0 Å². The largest absolute Gasteiger partial charge is 0.400 e. The molecule has 94 valence electrons. The summed E-state index contributed by atoms with van der Waals surface area (Å²) in [6.45, 7) is 2.47. The van der Waals surface area contributed by atoms with Crippen molar-refractivity contribution >= 4 is 5.78 Å². The number of nitrogens with zero attached hydrogens (tertiary/aromatic N) is 1. The monoisotopic (exact) mass is 229 g/mol. The van der Waals surface area contributed by atoms with Crippen molar-refractivity contribution in [1.82, 2.24) is 5.01 Å². The van der Waals surface area contributed by atoms with Crippen molar-refractivity contribution in [2.75, 3.05) is 13.1 Å². The van der Waals surface area contributed by atoms with Crippen LogP contribution in [0.1, 0.15) is 26.2 Å². The number of hydrogen-bond acceptors (Lipinski definition) is 6. The molecule has 0 amide bonds. The van der Waals surface area contributed by atoms with Crippen LogP contribution in [0.3, 0.4) is 0 Å². The average Bonchev–Trinajstić information content (AvgIpc) is 2.23. The molecule has 0 saturated carbocycles. The molecule has 1 atom stereocenters. The van der Waals surface area contributed by atoms with Gasteiger partial charge in [-0.2, -0.15) is 0 Å². The van der Waals surface area contributed by atoms with Crippen molar-refractivity contribution in [3.63, 3.8) is 0 Å². The highest BCUT2D eigenvalue weighted by atomic mass is 16.1. The van der Waals surface area contributed by atoms with Crippen molar-refractivity contribution in [3.05, 3.63) is 11.9 Å². The van der Waals surface area contributed by atoms with Crippen LogP contribution in [0.25, 0.3) is 0 Å². The Morgan fingerprint density at radius 3 is 2.56 bits per heavy atom. The third kappa shape index (κ3) is 7.22. The van der Waals surface area contributed by atoms with E-state index in [0.717, 1.165) is 12.8 Å². The molecule has 0 aliphatic heterocycles. The van der Waals surface area contributed by atoms with Crippen LogP contribution in [0.5, 0.6) is 0 Å². The molecule has 0 saturated heterocycles. The second-order valence-corrected chi connectivity index (χ2v) is 3.86. The van der Waals surface area contributed by atoms with E-state index in [-0.39, 0.29) is 11.8 Å². The molecule has 0 bridgehead atoms. The summed E-state index contributed by atoms with van der Waals surface area (Å²) in [4.78, 5) is 10.9. The van der Waals surface area contributed by atoms with Gasteiger partial charge in [0.2, 0.25) is 0 Å². The maximum atomic E-state index is 10.9. The molecule has 0 spiro atoms. The minimum Gasteiger partial charge on any atom is -0.400 e. The molecule has 0 aromatic carbocycles. The summed E-state index contributed by atoms with van der Waals surface area (Å²) in [5.41, 5.74) is 17.0. The molecule has 6 nitrogen and oxygen atoms in total. The number of unbranched alkanes of at least 4 members (excludes halogenated alkanes) is 1. The predicted octanol–water partition coefficient (Wildman–Crippen LogP) is -0.992. The quantitative estimate of drug-likeness (QED) is 0.240. The van der Waals surface area contributed by atoms with E-state index in [1.165, 1.54) is 11.9 Å². The number of carbonyl (C=O) groups is 1. The standard InChI is InChI=1S/C10H23N5O/c1-8(16)10(13)4-2-3-5-15(14)7-9(12)6-11/h7,10H,2-6,11-14H2,1H3/b9-7-. The second kappa shape index (κ2) is 8.09. The Hall–Kier alpha value is -1.11. The van der Waals surface area contributed by atoms with Gasteiger partial charge in [-0.15, -0.1) is 0 Å². The normalized spacial score (nSPS) is 13.6. The summed E-state index contributed by atoms with van der Waals surface area (Å²) in [7, 11) is 0. The molecule has 1 unspecified atom stereocenters. The van der Waals surface area contributed by atoms with Crippen LogP contribution < -0.4 is 23.0 Å². The maximum absolute atomic E-state index is 10.9. The van der Waals surface area contributed by atoms with E-state index in [4.69, 9.17) is 23.0 Å². The number of ketones is 1. The number of nitrogens with two attached hydrogens (primary N) is 4. The van der Waals surface area contributed by atoms with E-state index in [2.05, 4.69) is 0 Å². The molecular formula is C10H23N5O. The van der Waals surface area contributed by atoms with Gasteiger partial charge in [0, 0.05) is 25.0 Å². The zero-order valence-corrected chi connectivity index (χ0v) is 9.86. The number of hydrazine groups is 1. The lowest BCUT2D eigenvalue weighted by Crippen LogP contribution is -2.30. The Morgan fingerprint density at radius 2 is 2.06 bits per heavy atom. The first-order chi connectivity index (χ1) is 7.47. The molecule has 0 aromatic heterocycles. The lowest BCUT2D eigenvalue weighted by atomic mass is 10.1. The highest BCUT2D eigenvalue weighted by Crippen LogP contribution is 2.01. The summed E-state index contributed by atoms with van der Waals surface area (Å²) in [6, 6.07) is -0.351. The van der Waals surface area contributed by atoms with Crippen molar-refractivity contribution in [2.24, 2.45) is 23.0 Å². The van der Waals surface area contributed by atoms with Gasteiger partial charge in [-0.1, -0.05) is 0 Å². The Kier molecular flexibility index (Phi) is 7.53. The van der Waals surface area contributed by atoms with E-state index in [1.807, 2.05) is 0 Å². The van der Waals surface area contributed by atoms with E-state index in [1.54, 1.807) is 6.20 Å². The third-order valence-corrected chi connectivity index (χ3v) is 2.27. The average molecular weight is 229 g/mol. The number of carbonyl (C=O) groups excluding carboxylic acids is 1. The lowest BCUT2D eigenvalue weighted by molar-refractivity contribution is -0.118. The van der Waals surface area contributed by atoms with Crippen LogP contribution in [0, 0.1) is 0 Å². The fourth-order valence-electron chi connectivity index (χ4n) is 1.19. The van der Waals surface area contributed by atoms with Crippen molar-refractivity contribution in [2.45, 2.75) is 32.2 Å². The first-order valence-electron chi connectivity index (χ1n) is 5.41. The minimum absolute atomic E-state index is 0.0249. The van der Waals surface area contributed by atoms with Crippen LogP contribution in [0.2, 0.25) is 0 Å². The zero-order chi connectivity index (χ0) is 12.6. The Morgan fingerprint density at radius 1 is 1.44 bits per heavy atom. The van der Waals surface area contributed by atoms with Gasteiger partial charge in [0.05, 0.1) is 6.04 Å². The van der Waals surface area contributed by atoms with Crippen LogP contribution in [0.4, 0.5) is 0 Å². The predicted molar refractivity (Wildman–Crippen MR) is 64.7 cm³/mol. The number of hydrogen-bond donors (Lipinski definition) is 4. The first kappa shape index (κ1) is 14.9. The molecular weight excluding hydrogens is 206 g/mol. The Bertz CT molecular complexity index is 241. The topological polar surface area (TPSA) is 124 Å². The van der Waals surface area contributed by atoms with Crippen LogP contribution >= 0.6 is 0 Å². The summed E-state index contributed by atoms with van der Waals surface area (Å²) >= 11 is 0. The SMILES string of the molecule is CC(=O)C(N)CCCCN(N)/C=C(\N)CN. The van der Waals surface area contributed by atoms with Gasteiger partial charge in [-0.05, 0) is 26.2 Å². The minimum atomic E-state index is -0.351. The van der Waals surface area contributed by atoms with Gasteiger partial charge in [0.1, 0.15) is 5.78 Å². The molecule has 0 aliphatic rings. The van der Waals surface area contributed by atoms with Crippen LogP contribution in [-0.4, -0.2) is 29.9 Å². The lowest BCUT2D eigenvalue weighted by Gasteiger charge is -2.15. The molecule has 8 N–H and O–H groups in total. The molecule has 0 aliphatic carbocycles. The van der Waals surface area contributed by atoms with Crippen LogP contribution in [0.15, 0.2) is 11.9 Å². The number of rotatable bonds is 8.